The molecule has 5 rings (SSSR count). The van der Waals surface area contributed by atoms with E-state index in [9.17, 15) is 9.32 Å². The van der Waals surface area contributed by atoms with Gasteiger partial charge < -0.3 is 15.2 Å². The van der Waals surface area contributed by atoms with Crippen molar-refractivity contribution in [1.82, 2.24) is 24.4 Å². The summed E-state index contributed by atoms with van der Waals surface area (Å²) in [5.41, 5.74) is 5.06. The maximum atomic E-state index is 12.4. The SMILES string of the molecule is C=S(C)(=O)c1cccc(Cn2cc(-c3cc(C4CCC(O)CC4)n4nc(N[C@@H](C)COC)ncc34)cn2)c1. The number of rotatable bonds is 9. The molecule has 38 heavy (non-hydrogen) atoms. The van der Waals surface area contributed by atoms with E-state index in [1.165, 1.54) is 0 Å². The Bertz CT molecular complexity index is 1520. The molecule has 9 nitrogen and oxygen atoms in total. The van der Waals surface area contributed by atoms with Gasteiger partial charge in [-0.3, -0.25) is 8.89 Å². The lowest BCUT2D eigenvalue weighted by molar-refractivity contribution is 0.121. The lowest BCUT2D eigenvalue weighted by Gasteiger charge is -2.25. The zero-order chi connectivity index (χ0) is 26.9. The Kier molecular flexibility index (Phi) is 7.56. The molecule has 0 saturated heterocycles. The summed E-state index contributed by atoms with van der Waals surface area (Å²) in [6.45, 7) is 3.14. The summed E-state index contributed by atoms with van der Waals surface area (Å²) in [7, 11) is -0.604. The number of hydrogen-bond acceptors (Lipinski definition) is 7. The van der Waals surface area contributed by atoms with Gasteiger partial charge >= 0.3 is 0 Å². The predicted octanol–water partition coefficient (Wildman–Crippen LogP) is 3.81. The molecule has 3 heterocycles. The van der Waals surface area contributed by atoms with Gasteiger partial charge in [-0.05, 0) is 71.8 Å². The monoisotopic (exact) mass is 536 g/mol. The number of aromatic nitrogens is 5. The van der Waals surface area contributed by atoms with Gasteiger partial charge in [-0.2, -0.15) is 5.10 Å². The van der Waals surface area contributed by atoms with Crippen molar-refractivity contribution in [1.29, 1.82) is 0 Å². The van der Waals surface area contributed by atoms with Crippen molar-refractivity contribution in [2.45, 2.75) is 62.1 Å². The first-order valence-electron chi connectivity index (χ1n) is 13.0. The molecule has 10 heteroatoms. The number of anilines is 1. The minimum absolute atomic E-state index is 0.0714. The Morgan fingerprint density at radius 2 is 2.03 bits per heavy atom. The standard InChI is InChI=1S/C28H36N6O3S/c1-19(18-37-2)31-28-29-15-27-25(13-26(34(27)32-28)21-8-10-23(35)11-9-21)22-14-30-33(17-22)16-20-6-5-7-24(12-20)38(3,4)36/h5-7,12-15,17,19,21,23,35H,3,8-11,16,18H2,1-2,4H3,(H,31,32)/t19-,21?,23?,38?/m0/s1. The van der Waals surface area contributed by atoms with Gasteiger partial charge in [-0.25, -0.2) is 9.50 Å². The van der Waals surface area contributed by atoms with Crippen LogP contribution in [-0.2, 0) is 20.8 Å². The number of fused-ring (bicyclic) bond motifs is 1. The fourth-order valence-corrected chi connectivity index (χ4v) is 5.94. The Labute approximate surface area is 223 Å². The van der Waals surface area contributed by atoms with E-state index in [0.717, 1.165) is 58.5 Å². The summed E-state index contributed by atoms with van der Waals surface area (Å²) in [6.07, 6.45) is 10.6. The molecule has 0 amide bonds. The lowest BCUT2D eigenvalue weighted by Crippen LogP contribution is -2.23. The number of aliphatic hydroxyl groups is 1. The number of aliphatic hydroxyl groups excluding tert-OH is 1. The van der Waals surface area contributed by atoms with E-state index < -0.39 is 9.52 Å². The Morgan fingerprint density at radius 1 is 1.24 bits per heavy atom. The highest BCUT2D eigenvalue weighted by atomic mass is 32.2. The van der Waals surface area contributed by atoms with Crippen molar-refractivity contribution < 1.29 is 14.1 Å². The third-order valence-electron chi connectivity index (χ3n) is 7.14. The van der Waals surface area contributed by atoms with Gasteiger partial charge in [-0.1, -0.05) is 12.1 Å². The Hall–Kier alpha value is -3.21. The largest absolute Gasteiger partial charge is 0.393 e. The minimum atomic E-state index is -2.28. The van der Waals surface area contributed by atoms with Gasteiger partial charge in [0.15, 0.2) is 0 Å². The fraction of sp³-hybridized carbons (Fsp3) is 0.429. The van der Waals surface area contributed by atoms with Gasteiger partial charge in [-0.15, -0.1) is 5.10 Å². The smallest absolute Gasteiger partial charge is 0.241 e. The van der Waals surface area contributed by atoms with E-state index in [4.69, 9.17) is 9.84 Å². The van der Waals surface area contributed by atoms with Crippen molar-refractivity contribution in [2.75, 3.05) is 25.3 Å². The molecule has 1 saturated carbocycles. The molecule has 3 aromatic heterocycles. The maximum Gasteiger partial charge on any atom is 0.241 e. The predicted molar refractivity (Wildman–Crippen MR) is 151 cm³/mol. The summed E-state index contributed by atoms with van der Waals surface area (Å²) >= 11 is 0. The average molecular weight is 537 g/mol. The van der Waals surface area contributed by atoms with Crippen molar-refractivity contribution in [3.63, 3.8) is 0 Å². The third kappa shape index (κ3) is 5.77. The van der Waals surface area contributed by atoms with Crippen LogP contribution in [0.4, 0.5) is 5.95 Å². The molecule has 2 atom stereocenters. The second kappa shape index (κ2) is 10.9. The van der Waals surface area contributed by atoms with Crippen LogP contribution in [0.5, 0.6) is 0 Å². The summed E-state index contributed by atoms with van der Waals surface area (Å²) in [4.78, 5) is 5.33. The van der Waals surface area contributed by atoms with Crippen LogP contribution in [0, 0.1) is 0 Å². The zero-order valence-electron chi connectivity index (χ0n) is 22.2. The molecule has 1 aromatic carbocycles. The highest BCUT2D eigenvalue weighted by molar-refractivity contribution is 7.99. The highest BCUT2D eigenvalue weighted by Gasteiger charge is 2.26. The Balaban J connectivity index is 1.48. The zero-order valence-corrected chi connectivity index (χ0v) is 23.0. The van der Waals surface area contributed by atoms with Crippen LogP contribution >= 0.6 is 0 Å². The van der Waals surface area contributed by atoms with Gasteiger partial charge in [0.1, 0.15) is 0 Å². The normalized spacial score (nSPS) is 20.3. The fourth-order valence-electron chi connectivity index (χ4n) is 5.18. The van der Waals surface area contributed by atoms with Gasteiger partial charge in [0.2, 0.25) is 5.95 Å². The van der Waals surface area contributed by atoms with E-state index in [1.807, 2.05) is 59.0 Å². The first-order chi connectivity index (χ1) is 18.2. The first-order valence-corrected chi connectivity index (χ1v) is 15.1. The summed E-state index contributed by atoms with van der Waals surface area (Å²) < 4.78 is 21.5. The van der Waals surface area contributed by atoms with E-state index in [0.29, 0.717) is 25.0 Å². The average Bonchev–Trinajstić information content (AvgIpc) is 3.49. The quantitative estimate of drug-likeness (QED) is 0.313. The molecule has 202 valence electrons. The summed E-state index contributed by atoms with van der Waals surface area (Å²) in [6, 6.07) is 9.98. The van der Waals surface area contributed by atoms with Crippen LogP contribution in [0.1, 0.15) is 49.8 Å². The molecular weight excluding hydrogens is 500 g/mol. The number of nitrogens with zero attached hydrogens (tertiary/aromatic N) is 5. The molecular formula is C28H36N6O3S. The number of hydrogen-bond donors (Lipinski definition) is 2. The molecule has 4 aromatic rings. The van der Waals surface area contributed by atoms with Crippen LogP contribution in [-0.4, -0.2) is 71.7 Å². The third-order valence-corrected chi connectivity index (χ3v) is 8.39. The van der Waals surface area contributed by atoms with Crippen molar-refractivity contribution in [3.05, 3.63) is 60.2 Å². The number of benzene rings is 1. The second-order valence-electron chi connectivity index (χ2n) is 10.4. The second-order valence-corrected chi connectivity index (χ2v) is 12.9. The summed E-state index contributed by atoms with van der Waals surface area (Å²) in [5, 5.41) is 22.9. The highest BCUT2D eigenvalue weighted by Crippen LogP contribution is 2.37. The molecule has 1 aliphatic rings. The molecule has 1 unspecified atom stereocenters. The molecule has 0 aliphatic heterocycles. The van der Waals surface area contributed by atoms with Crippen molar-refractivity contribution in [2.24, 2.45) is 0 Å². The molecule has 1 fully saturated rings. The molecule has 2 N–H and O–H groups in total. The van der Waals surface area contributed by atoms with Gasteiger partial charge in [0.05, 0.1) is 37.2 Å². The lowest BCUT2D eigenvalue weighted by atomic mass is 9.85. The van der Waals surface area contributed by atoms with Crippen LogP contribution in [0.15, 0.2) is 53.8 Å². The van der Waals surface area contributed by atoms with E-state index in [2.05, 4.69) is 27.3 Å². The van der Waals surface area contributed by atoms with E-state index in [-0.39, 0.29) is 12.1 Å². The summed E-state index contributed by atoms with van der Waals surface area (Å²) in [5.74, 6) is 4.66. The van der Waals surface area contributed by atoms with Crippen LogP contribution in [0.3, 0.4) is 0 Å². The number of ether oxygens (including phenoxy) is 1. The molecule has 0 radical (unpaired) electrons. The van der Waals surface area contributed by atoms with Gasteiger partial charge in [0, 0.05) is 53.2 Å². The topological polar surface area (TPSA) is 107 Å². The molecule has 0 spiro atoms. The minimum Gasteiger partial charge on any atom is -0.393 e. The number of nitrogens with one attached hydrogen (secondary N) is 1. The van der Waals surface area contributed by atoms with Crippen molar-refractivity contribution in [3.8, 4) is 11.1 Å². The van der Waals surface area contributed by atoms with Crippen LogP contribution in [0.25, 0.3) is 16.6 Å². The van der Waals surface area contributed by atoms with Crippen LogP contribution in [0.2, 0.25) is 0 Å². The maximum absolute atomic E-state index is 12.4. The first kappa shape index (κ1) is 26.4. The Morgan fingerprint density at radius 3 is 2.76 bits per heavy atom. The van der Waals surface area contributed by atoms with E-state index in [1.54, 1.807) is 13.4 Å². The van der Waals surface area contributed by atoms with Crippen LogP contribution < -0.4 is 5.32 Å². The molecule has 0 bridgehead atoms. The van der Waals surface area contributed by atoms with Crippen molar-refractivity contribution >= 4 is 26.9 Å². The molecule has 1 aliphatic carbocycles. The van der Waals surface area contributed by atoms with Gasteiger partial charge in [0.25, 0.3) is 0 Å². The van der Waals surface area contributed by atoms with E-state index >= 15 is 0 Å². The number of methoxy groups -OCH3 is 1.